The van der Waals surface area contributed by atoms with Gasteiger partial charge < -0.3 is 10.1 Å². The van der Waals surface area contributed by atoms with E-state index < -0.39 is 26.8 Å². The number of carbonyl (C=O) groups is 1. The van der Waals surface area contributed by atoms with Gasteiger partial charge in [0.05, 0.1) is 12.4 Å². The van der Waals surface area contributed by atoms with Crippen molar-refractivity contribution < 1.29 is 17.9 Å². The first-order valence-corrected chi connectivity index (χ1v) is 8.23. The fourth-order valence-corrected chi connectivity index (χ4v) is 4.08. The Morgan fingerprint density at radius 1 is 1.39 bits per heavy atom. The molecular weight excluding hydrogens is 254 g/mol. The van der Waals surface area contributed by atoms with E-state index in [1.54, 1.807) is 0 Å². The Balaban J connectivity index is 2.57. The van der Waals surface area contributed by atoms with Crippen molar-refractivity contribution in [3.05, 3.63) is 0 Å². The highest BCUT2D eigenvalue weighted by atomic mass is 32.2. The number of methoxy groups -OCH3 is 1. The van der Waals surface area contributed by atoms with Crippen molar-refractivity contribution in [2.75, 3.05) is 19.4 Å². The average Bonchev–Trinajstić information content (AvgIpc) is 2.36. The lowest BCUT2D eigenvalue weighted by atomic mass is 9.95. The van der Waals surface area contributed by atoms with Gasteiger partial charge >= 0.3 is 5.97 Å². The van der Waals surface area contributed by atoms with Gasteiger partial charge in [-0.3, -0.25) is 4.79 Å². The molecule has 6 heteroatoms. The van der Waals surface area contributed by atoms with Crippen molar-refractivity contribution in [1.29, 1.82) is 0 Å². The molecule has 1 rings (SSSR count). The molecule has 1 aliphatic rings. The molecule has 2 unspecified atom stereocenters. The van der Waals surface area contributed by atoms with Crippen LogP contribution in [0.25, 0.3) is 0 Å². The van der Waals surface area contributed by atoms with Crippen LogP contribution < -0.4 is 5.32 Å². The highest BCUT2D eigenvalue weighted by Crippen LogP contribution is 2.25. The number of ether oxygens (including phenoxy) is 1. The van der Waals surface area contributed by atoms with E-state index in [4.69, 9.17) is 0 Å². The molecule has 106 valence electrons. The highest BCUT2D eigenvalue weighted by Gasteiger charge is 2.33. The van der Waals surface area contributed by atoms with Gasteiger partial charge in [-0.1, -0.05) is 13.3 Å². The van der Waals surface area contributed by atoms with Crippen molar-refractivity contribution in [3.63, 3.8) is 0 Å². The molecule has 1 N–H and O–H groups in total. The molecule has 0 spiro atoms. The second kappa shape index (κ2) is 7.09. The third-order valence-corrected chi connectivity index (χ3v) is 5.45. The van der Waals surface area contributed by atoms with Gasteiger partial charge in [0.25, 0.3) is 0 Å². The minimum absolute atomic E-state index is 0.260. The fourth-order valence-electron chi connectivity index (χ4n) is 2.35. The van der Waals surface area contributed by atoms with Crippen LogP contribution >= 0.6 is 0 Å². The van der Waals surface area contributed by atoms with E-state index in [2.05, 4.69) is 17.0 Å². The molecule has 2 atom stereocenters. The van der Waals surface area contributed by atoms with Crippen molar-refractivity contribution >= 4 is 15.8 Å². The van der Waals surface area contributed by atoms with Crippen LogP contribution in [0, 0.1) is 0 Å². The monoisotopic (exact) mass is 277 g/mol. The van der Waals surface area contributed by atoms with Gasteiger partial charge in [0, 0.05) is 6.04 Å². The Kier molecular flexibility index (Phi) is 6.08. The molecule has 0 radical (unpaired) electrons. The number of hydrogen-bond donors (Lipinski definition) is 1. The smallest absolute Gasteiger partial charge is 0.320 e. The summed E-state index contributed by atoms with van der Waals surface area (Å²) in [5.74, 6) is -1.16. The number of esters is 1. The van der Waals surface area contributed by atoms with Crippen molar-refractivity contribution in [2.24, 2.45) is 0 Å². The maximum absolute atomic E-state index is 12.0. The minimum Gasteiger partial charge on any atom is -0.468 e. The molecule has 1 saturated carbocycles. The lowest BCUT2D eigenvalue weighted by molar-refractivity contribution is -0.137. The lowest BCUT2D eigenvalue weighted by Gasteiger charge is -2.29. The molecule has 1 fully saturated rings. The summed E-state index contributed by atoms with van der Waals surface area (Å²) >= 11 is 0. The molecule has 0 aliphatic heterocycles. The van der Waals surface area contributed by atoms with Gasteiger partial charge in [-0.15, -0.1) is 0 Å². The van der Waals surface area contributed by atoms with Crippen LogP contribution in [0.5, 0.6) is 0 Å². The van der Waals surface area contributed by atoms with Crippen LogP contribution in [0.3, 0.4) is 0 Å². The molecule has 1 aliphatic carbocycles. The zero-order chi connectivity index (χ0) is 13.6. The summed E-state index contributed by atoms with van der Waals surface area (Å²) in [6.07, 6.45) is 4.22. The predicted molar refractivity (Wildman–Crippen MR) is 70.1 cm³/mol. The van der Waals surface area contributed by atoms with Gasteiger partial charge in [0.15, 0.2) is 9.84 Å². The molecule has 0 aromatic rings. The van der Waals surface area contributed by atoms with Crippen molar-refractivity contribution in [2.45, 2.75) is 50.3 Å². The van der Waals surface area contributed by atoms with Gasteiger partial charge in [-0.05, 0) is 32.2 Å². The SMILES string of the molecule is CCCNC1CCCC(S(=O)(=O)CC(=O)OC)C1. The van der Waals surface area contributed by atoms with Crippen LogP contribution in [0.1, 0.15) is 39.0 Å². The molecule has 0 amide bonds. The average molecular weight is 277 g/mol. The minimum atomic E-state index is -3.37. The third kappa shape index (κ3) is 4.57. The fraction of sp³-hybridized carbons (Fsp3) is 0.917. The summed E-state index contributed by atoms with van der Waals surface area (Å²) < 4.78 is 28.5. The van der Waals surface area contributed by atoms with E-state index in [0.717, 1.165) is 25.8 Å². The third-order valence-electron chi connectivity index (χ3n) is 3.36. The Labute approximate surface area is 109 Å². The number of sulfone groups is 1. The summed E-state index contributed by atoms with van der Waals surface area (Å²) in [5, 5.41) is 2.96. The first-order valence-electron chi connectivity index (χ1n) is 6.51. The zero-order valence-corrected chi connectivity index (χ0v) is 12.0. The standard InChI is InChI=1S/C12H23NO4S/c1-3-7-13-10-5-4-6-11(8-10)18(15,16)9-12(14)17-2/h10-11,13H,3-9H2,1-2H3. The summed E-state index contributed by atoms with van der Waals surface area (Å²) in [6, 6.07) is 0.260. The second-order valence-electron chi connectivity index (χ2n) is 4.82. The Hall–Kier alpha value is -0.620. The summed E-state index contributed by atoms with van der Waals surface area (Å²) in [5.41, 5.74) is 0. The molecule has 0 bridgehead atoms. The molecule has 0 heterocycles. The van der Waals surface area contributed by atoms with Gasteiger partial charge in [0.1, 0.15) is 5.75 Å². The second-order valence-corrected chi connectivity index (χ2v) is 7.10. The predicted octanol–water partition coefficient (Wildman–Crippen LogP) is 0.885. The molecule has 18 heavy (non-hydrogen) atoms. The van der Waals surface area contributed by atoms with E-state index >= 15 is 0 Å². The van der Waals surface area contributed by atoms with Gasteiger partial charge in [-0.2, -0.15) is 0 Å². The van der Waals surface area contributed by atoms with Gasteiger partial charge in [-0.25, -0.2) is 8.42 Å². The van der Waals surface area contributed by atoms with Crippen LogP contribution in [0.4, 0.5) is 0 Å². The van der Waals surface area contributed by atoms with E-state index in [1.165, 1.54) is 7.11 Å². The number of hydrogen-bond acceptors (Lipinski definition) is 5. The van der Waals surface area contributed by atoms with E-state index in [9.17, 15) is 13.2 Å². The normalized spacial score (nSPS) is 24.8. The van der Waals surface area contributed by atoms with Crippen LogP contribution in [0.15, 0.2) is 0 Å². The van der Waals surface area contributed by atoms with E-state index in [0.29, 0.717) is 12.8 Å². The molecular formula is C12H23NO4S. The molecule has 5 nitrogen and oxygen atoms in total. The van der Waals surface area contributed by atoms with Crippen molar-refractivity contribution in [1.82, 2.24) is 5.32 Å². The zero-order valence-electron chi connectivity index (χ0n) is 11.1. The first-order chi connectivity index (χ1) is 8.49. The first kappa shape index (κ1) is 15.4. The van der Waals surface area contributed by atoms with Crippen LogP contribution in [-0.2, 0) is 19.4 Å². The molecule has 0 saturated heterocycles. The quantitative estimate of drug-likeness (QED) is 0.730. The maximum Gasteiger partial charge on any atom is 0.320 e. The van der Waals surface area contributed by atoms with E-state index in [1.807, 2.05) is 0 Å². The Morgan fingerprint density at radius 3 is 2.72 bits per heavy atom. The molecule has 0 aromatic carbocycles. The number of rotatable bonds is 6. The highest BCUT2D eigenvalue weighted by molar-refractivity contribution is 7.92. The van der Waals surface area contributed by atoms with Crippen LogP contribution in [0.2, 0.25) is 0 Å². The number of carbonyl (C=O) groups excluding carboxylic acids is 1. The largest absolute Gasteiger partial charge is 0.468 e. The van der Waals surface area contributed by atoms with Crippen LogP contribution in [-0.4, -0.2) is 45.1 Å². The summed E-state index contributed by atoms with van der Waals surface area (Å²) in [6.45, 7) is 3.00. The Bertz CT molecular complexity index is 366. The van der Waals surface area contributed by atoms with Crippen molar-refractivity contribution in [3.8, 4) is 0 Å². The summed E-state index contributed by atoms with van der Waals surface area (Å²) in [7, 11) is -2.15. The summed E-state index contributed by atoms with van der Waals surface area (Å²) in [4.78, 5) is 11.1. The lowest BCUT2D eigenvalue weighted by Crippen LogP contribution is -2.40. The Morgan fingerprint density at radius 2 is 2.11 bits per heavy atom. The molecule has 0 aromatic heterocycles. The topological polar surface area (TPSA) is 72.5 Å². The maximum atomic E-state index is 12.0. The van der Waals surface area contributed by atoms with Gasteiger partial charge in [0.2, 0.25) is 0 Å². The number of nitrogens with one attached hydrogen (secondary N) is 1. The van der Waals surface area contributed by atoms with E-state index in [-0.39, 0.29) is 6.04 Å².